The summed E-state index contributed by atoms with van der Waals surface area (Å²) in [4.78, 5) is 0. The molecule has 0 fully saturated rings. The molecule has 0 aromatic heterocycles. The van der Waals surface area contributed by atoms with Crippen LogP contribution in [0.4, 0.5) is 10.1 Å². The van der Waals surface area contributed by atoms with E-state index >= 15 is 0 Å². The molecule has 1 N–H and O–H groups in total. The molecule has 2 aromatic rings. The highest BCUT2D eigenvalue weighted by molar-refractivity contribution is 9.11. The molecule has 1 nitrogen and oxygen atoms in total. The quantitative estimate of drug-likeness (QED) is 0.747. The Morgan fingerprint density at radius 3 is 2.33 bits per heavy atom. The number of halogens is 3. The van der Waals surface area contributed by atoms with Crippen molar-refractivity contribution < 1.29 is 4.39 Å². The second-order valence-electron chi connectivity index (χ2n) is 3.98. The highest BCUT2D eigenvalue weighted by Gasteiger charge is 2.12. The zero-order valence-corrected chi connectivity index (χ0v) is 12.9. The monoisotopic (exact) mass is 371 g/mol. The molecule has 0 heterocycles. The van der Waals surface area contributed by atoms with Crippen LogP contribution in [0, 0.1) is 5.82 Å². The molecular formula is C14H12Br2FN. The fraction of sp³-hybridized carbons (Fsp3) is 0.143. The number of benzene rings is 2. The van der Waals surface area contributed by atoms with Gasteiger partial charge in [0.15, 0.2) is 0 Å². The van der Waals surface area contributed by atoms with Crippen LogP contribution in [0.1, 0.15) is 18.5 Å². The zero-order chi connectivity index (χ0) is 13.1. The molecule has 0 aliphatic heterocycles. The van der Waals surface area contributed by atoms with Gasteiger partial charge in [0, 0.05) is 15.0 Å². The highest BCUT2D eigenvalue weighted by Crippen LogP contribution is 2.31. The van der Waals surface area contributed by atoms with E-state index < -0.39 is 0 Å². The van der Waals surface area contributed by atoms with E-state index in [9.17, 15) is 4.39 Å². The van der Waals surface area contributed by atoms with Crippen molar-refractivity contribution in [3.63, 3.8) is 0 Å². The van der Waals surface area contributed by atoms with Crippen molar-refractivity contribution in [3.05, 3.63) is 62.8 Å². The van der Waals surface area contributed by atoms with Crippen LogP contribution in [0.3, 0.4) is 0 Å². The third-order valence-corrected chi connectivity index (χ3v) is 4.08. The van der Waals surface area contributed by atoms with Crippen molar-refractivity contribution in [2.24, 2.45) is 0 Å². The van der Waals surface area contributed by atoms with Crippen LogP contribution >= 0.6 is 31.9 Å². The lowest BCUT2D eigenvalue weighted by Gasteiger charge is -2.18. The average molecular weight is 373 g/mol. The first kappa shape index (κ1) is 13.6. The van der Waals surface area contributed by atoms with Gasteiger partial charge in [0.25, 0.3) is 0 Å². The van der Waals surface area contributed by atoms with E-state index in [4.69, 9.17) is 0 Å². The molecule has 2 rings (SSSR count). The van der Waals surface area contributed by atoms with Gasteiger partial charge in [-0.15, -0.1) is 0 Å². The molecule has 0 aliphatic carbocycles. The lowest BCUT2D eigenvalue weighted by molar-refractivity contribution is 0.626. The number of rotatable bonds is 3. The van der Waals surface area contributed by atoms with Gasteiger partial charge >= 0.3 is 0 Å². The van der Waals surface area contributed by atoms with Crippen LogP contribution in [0.15, 0.2) is 51.4 Å². The molecule has 0 radical (unpaired) electrons. The Bertz CT molecular complexity index is 537. The number of nitrogens with one attached hydrogen (secondary N) is 1. The van der Waals surface area contributed by atoms with Crippen molar-refractivity contribution in [2.75, 3.05) is 5.32 Å². The van der Waals surface area contributed by atoms with E-state index in [0.717, 1.165) is 14.5 Å². The second-order valence-corrected chi connectivity index (χ2v) is 5.69. The Morgan fingerprint density at radius 1 is 1.00 bits per heavy atom. The number of hydrogen-bond donors (Lipinski definition) is 1. The van der Waals surface area contributed by atoms with Crippen LogP contribution < -0.4 is 5.32 Å². The predicted octanol–water partition coefficient (Wildman–Crippen LogP) is 5.52. The first-order valence-electron chi connectivity index (χ1n) is 5.54. The molecule has 4 heteroatoms. The molecule has 0 saturated heterocycles. The van der Waals surface area contributed by atoms with E-state index in [-0.39, 0.29) is 11.9 Å². The summed E-state index contributed by atoms with van der Waals surface area (Å²) in [6.45, 7) is 2.00. The van der Waals surface area contributed by atoms with Gasteiger partial charge in [-0.2, -0.15) is 0 Å². The van der Waals surface area contributed by atoms with Crippen LogP contribution in [-0.4, -0.2) is 0 Å². The highest BCUT2D eigenvalue weighted by atomic mass is 79.9. The molecule has 0 spiro atoms. The van der Waals surface area contributed by atoms with Crippen LogP contribution in [0.5, 0.6) is 0 Å². The zero-order valence-electron chi connectivity index (χ0n) is 9.75. The Labute approximate surface area is 123 Å². The van der Waals surface area contributed by atoms with Crippen molar-refractivity contribution in [1.82, 2.24) is 0 Å². The van der Waals surface area contributed by atoms with E-state index in [2.05, 4.69) is 37.2 Å². The number of anilines is 1. The topological polar surface area (TPSA) is 12.0 Å². The summed E-state index contributed by atoms with van der Waals surface area (Å²) < 4.78 is 15.5. The Morgan fingerprint density at radius 2 is 1.67 bits per heavy atom. The Kier molecular flexibility index (Phi) is 4.40. The molecule has 1 unspecified atom stereocenters. The van der Waals surface area contributed by atoms with Gasteiger partial charge < -0.3 is 5.32 Å². The van der Waals surface area contributed by atoms with Crippen molar-refractivity contribution in [1.29, 1.82) is 0 Å². The van der Waals surface area contributed by atoms with Crippen molar-refractivity contribution in [3.8, 4) is 0 Å². The summed E-state index contributed by atoms with van der Waals surface area (Å²) in [7, 11) is 0. The van der Waals surface area contributed by atoms with Crippen LogP contribution in [0.2, 0.25) is 0 Å². The summed E-state index contributed by atoms with van der Waals surface area (Å²) in [6.07, 6.45) is 0. The van der Waals surface area contributed by atoms with Crippen LogP contribution in [-0.2, 0) is 0 Å². The normalized spacial score (nSPS) is 12.2. The van der Waals surface area contributed by atoms with Crippen molar-refractivity contribution >= 4 is 37.5 Å². The van der Waals surface area contributed by atoms with Gasteiger partial charge in [0.05, 0.1) is 5.69 Å². The van der Waals surface area contributed by atoms with E-state index in [1.165, 1.54) is 6.07 Å². The maximum atomic E-state index is 13.7. The predicted molar refractivity (Wildman–Crippen MR) is 80.3 cm³/mol. The second kappa shape index (κ2) is 5.85. The van der Waals surface area contributed by atoms with Gasteiger partial charge in [-0.1, -0.05) is 40.2 Å². The summed E-state index contributed by atoms with van der Waals surface area (Å²) in [6, 6.07) is 12.9. The molecule has 94 valence electrons. The van der Waals surface area contributed by atoms with Crippen molar-refractivity contribution in [2.45, 2.75) is 13.0 Å². The fourth-order valence-electron chi connectivity index (χ4n) is 1.76. The third kappa shape index (κ3) is 2.93. The summed E-state index contributed by atoms with van der Waals surface area (Å²) >= 11 is 6.85. The number of para-hydroxylation sites is 1. The van der Waals surface area contributed by atoms with Gasteiger partial charge in [0.1, 0.15) is 5.82 Å². The third-order valence-electron chi connectivity index (χ3n) is 2.70. The average Bonchev–Trinajstić information content (AvgIpc) is 2.34. The van der Waals surface area contributed by atoms with Crippen LogP contribution in [0.25, 0.3) is 0 Å². The fourth-order valence-corrected chi connectivity index (χ4v) is 2.84. The van der Waals surface area contributed by atoms with E-state index in [1.807, 2.05) is 37.3 Å². The van der Waals surface area contributed by atoms with Gasteiger partial charge in [0.2, 0.25) is 0 Å². The molecule has 0 saturated carbocycles. The summed E-state index contributed by atoms with van der Waals surface area (Å²) in [5, 5.41) is 3.18. The summed E-state index contributed by atoms with van der Waals surface area (Å²) in [5.41, 5.74) is 1.58. The molecule has 2 aromatic carbocycles. The maximum Gasteiger partial charge on any atom is 0.147 e. The minimum Gasteiger partial charge on any atom is -0.375 e. The molecule has 0 bridgehead atoms. The largest absolute Gasteiger partial charge is 0.375 e. The lowest BCUT2D eigenvalue weighted by atomic mass is 10.1. The smallest absolute Gasteiger partial charge is 0.147 e. The molecular weight excluding hydrogens is 361 g/mol. The number of hydrogen-bond acceptors (Lipinski definition) is 1. The van der Waals surface area contributed by atoms with Gasteiger partial charge in [-0.05, 0) is 46.6 Å². The van der Waals surface area contributed by atoms with E-state index in [0.29, 0.717) is 5.69 Å². The first-order valence-corrected chi connectivity index (χ1v) is 7.13. The Hall–Kier alpha value is -0.870. The molecule has 18 heavy (non-hydrogen) atoms. The Balaban J connectivity index is 2.27. The summed E-state index contributed by atoms with van der Waals surface area (Å²) in [5.74, 6) is -0.261. The lowest BCUT2D eigenvalue weighted by Crippen LogP contribution is -2.09. The molecule has 1 atom stereocenters. The van der Waals surface area contributed by atoms with Gasteiger partial charge in [-0.25, -0.2) is 4.39 Å². The minimum atomic E-state index is -0.261. The molecule has 0 aliphatic rings. The first-order chi connectivity index (χ1) is 8.59. The minimum absolute atomic E-state index is 0.00812. The molecule has 0 amide bonds. The van der Waals surface area contributed by atoms with E-state index in [1.54, 1.807) is 6.07 Å². The maximum absolute atomic E-state index is 13.7. The van der Waals surface area contributed by atoms with Gasteiger partial charge in [-0.3, -0.25) is 0 Å². The SMILES string of the molecule is CC(Nc1c(F)cccc1Br)c1ccccc1Br. The standard InChI is InChI=1S/C14H12Br2FN/c1-9(10-5-2-3-6-11(10)15)18-14-12(16)7-4-8-13(14)17/h2-9,18H,1H3.